The zero-order valence-electron chi connectivity index (χ0n) is 10.9. The Labute approximate surface area is 120 Å². The largest absolute Gasteiger partial charge is 0.481 e. The molecule has 2 rings (SSSR count). The molecule has 4 heteroatoms. The fourth-order valence-electron chi connectivity index (χ4n) is 2.12. The second-order valence-electron chi connectivity index (χ2n) is 4.44. The first-order valence-corrected chi connectivity index (χ1v) is 7.74. The van der Waals surface area contributed by atoms with Crippen LogP contribution in [-0.2, 0) is 15.6 Å². The molecule has 1 aromatic rings. The number of allylic oxidation sites excluding steroid dienone is 5. The van der Waals surface area contributed by atoms with Crippen LogP contribution < -0.4 is 0 Å². The van der Waals surface area contributed by atoms with Crippen LogP contribution in [0.4, 0.5) is 0 Å². The van der Waals surface area contributed by atoms with Gasteiger partial charge in [0, 0.05) is 10.8 Å². The van der Waals surface area contributed by atoms with Gasteiger partial charge in [0.05, 0.1) is 5.25 Å². The molecular formula is C16H16O3S. The fraction of sp³-hybridized carbons (Fsp3) is 0.188. The Morgan fingerprint density at radius 1 is 1.25 bits per heavy atom. The first kappa shape index (κ1) is 14.5. The molecule has 104 valence electrons. The summed E-state index contributed by atoms with van der Waals surface area (Å²) in [5.41, 5.74) is 1.78. The first-order chi connectivity index (χ1) is 9.68. The number of hydrogen-bond donors (Lipinski definition) is 1. The van der Waals surface area contributed by atoms with Gasteiger partial charge in [-0.25, -0.2) is 0 Å². The number of aliphatic carboxylic acids is 1. The summed E-state index contributed by atoms with van der Waals surface area (Å²) in [6, 6.07) is 9.41. The summed E-state index contributed by atoms with van der Waals surface area (Å²) < 4.78 is 12.4. The van der Waals surface area contributed by atoms with Crippen LogP contribution in [0.5, 0.6) is 0 Å². The molecule has 2 unspecified atom stereocenters. The van der Waals surface area contributed by atoms with Crippen molar-refractivity contribution in [1.29, 1.82) is 0 Å². The molecule has 0 spiro atoms. The quantitative estimate of drug-likeness (QED) is 0.906. The highest BCUT2D eigenvalue weighted by molar-refractivity contribution is 7.86. The van der Waals surface area contributed by atoms with Crippen molar-refractivity contribution in [3.8, 4) is 0 Å². The normalized spacial score (nSPS) is 17.1. The summed E-state index contributed by atoms with van der Waals surface area (Å²) in [4.78, 5) is 10.9. The first-order valence-electron chi connectivity index (χ1n) is 6.35. The standard InChI is InChI=1S/C16H16O3S/c17-15(18)12-20(19)16(14-10-6-3-7-11-14)13-8-4-1-2-5-9-13/h1-4,6-11,16H,5,12H2,(H,17,18). The van der Waals surface area contributed by atoms with E-state index in [9.17, 15) is 9.00 Å². The lowest BCUT2D eigenvalue weighted by Gasteiger charge is -2.17. The minimum Gasteiger partial charge on any atom is -0.481 e. The van der Waals surface area contributed by atoms with Crippen molar-refractivity contribution in [2.24, 2.45) is 0 Å². The van der Waals surface area contributed by atoms with E-state index in [0.29, 0.717) is 0 Å². The van der Waals surface area contributed by atoms with Crippen LogP contribution >= 0.6 is 0 Å². The lowest BCUT2D eigenvalue weighted by Crippen LogP contribution is -2.17. The summed E-state index contributed by atoms with van der Waals surface area (Å²) in [6.07, 6.45) is 10.5. The highest BCUT2D eigenvalue weighted by Gasteiger charge is 2.23. The van der Waals surface area contributed by atoms with Gasteiger partial charge in [-0.2, -0.15) is 0 Å². The zero-order valence-corrected chi connectivity index (χ0v) is 11.8. The molecule has 2 atom stereocenters. The molecule has 0 aliphatic heterocycles. The monoisotopic (exact) mass is 288 g/mol. The lowest BCUT2D eigenvalue weighted by molar-refractivity contribution is -0.133. The van der Waals surface area contributed by atoms with Crippen molar-refractivity contribution in [1.82, 2.24) is 0 Å². The molecule has 1 aliphatic carbocycles. The van der Waals surface area contributed by atoms with Crippen LogP contribution in [0.3, 0.4) is 0 Å². The topological polar surface area (TPSA) is 54.4 Å². The van der Waals surface area contributed by atoms with Crippen molar-refractivity contribution >= 4 is 16.8 Å². The van der Waals surface area contributed by atoms with Crippen LogP contribution in [0.1, 0.15) is 17.2 Å². The van der Waals surface area contributed by atoms with E-state index in [2.05, 4.69) is 0 Å². The SMILES string of the molecule is O=C(O)CS(=O)C(C1=CCC=CC=C1)c1ccccc1. The van der Waals surface area contributed by atoms with Gasteiger partial charge in [0.25, 0.3) is 0 Å². The highest BCUT2D eigenvalue weighted by Crippen LogP contribution is 2.30. The van der Waals surface area contributed by atoms with Gasteiger partial charge in [-0.05, 0) is 17.6 Å². The molecule has 0 bridgehead atoms. The van der Waals surface area contributed by atoms with Crippen LogP contribution in [0.25, 0.3) is 0 Å². The summed E-state index contributed by atoms with van der Waals surface area (Å²) in [5.74, 6) is -1.39. The number of benzene rings is 1. The molecule has 20 heavy (non-hydrogen) atoms. The number of rotatable bonds is 5. The predicted octanol–water partition coefficient (Wildman–Crippen LogP) is 3.00. The molecule has 0 heterocycles. The van der Waals surface area contributed by atoms with Gasteiger partial charge in [-0.1, -0.05) is 60.7 Å². The van der Waals surface area contributed by atoms with Crippen LogP contribution in [0, 0.1) is 0 Å². The second-order valence-corrected chi connectivity index (χ2v) is 5.96. The number of carboxylic acid groups (broad SMARTS) is 1. The minimum atomic E-state index is -1.49. The maximum absolute atomic E-state index is 12.4. The summed E-state index contributed by atoms with van der Waals surface area (Å²) >= 11 is 0. The molecular weight excluding hydrogens is 272 g/mol. The molecule has 0 amide bonds. The summed E-state index contributed by atoms with van der Waals surface area (Å²) in [6.45, 7) is 0. The van der Waals surface area contributed by atoms with Crippen molar-refractivity contribution in [3.63, 3.8) is 0 Å². The van der Waals surface area contributed by atoms with Gasteiger partial charge in [0.15, 0.2) is 0 Å². The predicted molar refractivity (Wildman–Crippen MR) is 80.8 cm³/mol. The number of hydrogen-bond acceptors (Lipinski definition) is 2. The zero-order chi connectivity index (χ0) is 14.4. The van der Waals surface area contributed by atoms with Gasteiger partial charge >= 0.3 is 5.97 Å². The van der Waals surface area contributed by atoms with Gasteiger partial charge in [-0.3, -0.25) is 9.00 Å². The van der Waals surface area contributed by atoms with E-state index in [1.54, 1.807) is 0 Å². The third kappa shape index (κ3) is 3.78. The third-order valence-electron chi connectivity index (χ3n) is 2.96. The van der Waals surface area contributed by atoms with Crippen molar-refractivity contribution in [3.05, 3.63) is 71.8 Å². The molecule has 0 fully saturated rings. The Morgan fingerprint density at radius 3 is 2.70 bits per heavy atom. The van der Waals surface area contributed by atoms with Crippen LogP contribution in [0.2, 0.25) is 0 Å². The molecule has 0 saturated carbocycles. The van der Waals surface area contributed by atoms with Gasteiger partial charge in [0.2, 0.25) is 0 Å². The summed E-state index contributed by atoms with van der Waals surface area (Å²) in [7, 11) is -1.49. The van der Waals surface area contributed by atoms with Crippen LogP contribution in [-0.4, -0.2) is 21.0 Å². The fourth-order valence-corrected chi connectivity index (χ4v) is 3.47. The Hall–Kier alpha value is -1.94. The van der Waals surface area contributed by atoms with Crippen LogP contribution in [0.15, 0.2) is 66.3 Å². The molecule has 0 aromatic heterocycles. The number of carboxylic acids is 1. The molecule has 1 aliphatic rings. The summed E-state index contributed by atoms with van der Waals surface area (Å²) in [5, 5.41) is 8.49. The molecule has 0 radical (unpaired) electrons. The van der Waals surface area contributed by atoms with Gasteiger partial charge < -0.3 is 5.11 Å². The van der Waals surface area contributed by atoms with Gasteiger partial charge in [0.1, 0.15) is 5.75 Å². The Kier molecular flexibility index (Phi) is 5.07. The van der Waals surface area contributed by atoms with Crippen molar-refractivity contribution in [2.45, 2.75) is 11.7 Å². The van der Waals surface area contributed by atoms with E-state index in [-0.39, 0.29) is 5.75 Å². The molecule has 1 aromatic carbocycles. The van der Waals surface area contributed by atoms with Gasteiger partial charge in [-0.15, -0.1) is 0 Å². The number of carbonyl (C=O) groups is 1. The second kappa shape index (κ2) is 7.01. The average Bonchev–Trinajstić information content (AvgIpc) is 2.68. The van der Waals surface area contributed by atoms with Crippen molar-refractivity contribution in [2.75, 3.05) is 5.75 Å². The van der Waals surface area contributed by atoms with E-state index < -0.39 is 22.0 Å². The Morgan fingerprint density at radius 2 is 2.00 bits per heavy atom. The molecule has 3 nitrogen and oxygen atoms in total. The third-order valence-corrected chi connectivity index (χ3v) is 4.56. The Balaban J connectivity index is 2.36. The lowest BCUT2D eigenvalue weighted by atomic mass is 10.0. The molecule has 1 N–H and O–H groups in total. The maximum Gasteiger partial charge on any atom is 0.316 e. The maximum atomic E-state index is 12.4. The van der Waals surface area contributed by atoms with E-state index in [4.69, 9.17) is 5.11 Å². The molecule has 0 saturated heterocycles. The minimum absolute atomic E-state index is 0.349. The average molecular weight is 288 g/mol. The Bertz CT molecular complexity index is 585. The van der Waals surface area contributed by atoms with E-state index in [1.807, 2.05) is 60.7 Å². The van der Waals surface area contributed by atoms with E-state index in [0.717, 1.165) is 17.6 Å². The van der Waals surface area contributed by atoms with E-state index in [1.165, 1.54) is 0 Å². The van der Waals surface area contributed by atoms with Crippen molar-refractivity contribution < 1.29 is 14.1 Å². The highest BCUT2D eigenvalue weighted by atomic mass is 32.2. The smallest absolute Gasteiger partial charge is 0.316 e. The van der Waals surface area contributed by atoms with E-state index >= 15 is 0 Å².